The molecule has 1 aromatic rings. The van der Waals surface area contributed by atoms with Gasteiger partial charge in [-0.25, -0.2) is 4.39 Å². The predicted octanol–water partition coefficient (Wildman–Crippen LogP) is 4.44. The van der Waals surface area contributed by atoms with Gasteiger partial charge < -0.3 is 4.90 Å². The normalized spacial score (nSPS) is 15.9. The van der Waals surface area contributed by atoms with Crippen LogP contribution >= 0.6 is 0 Å². The Hall–Kier alpha value is -0.890. The van der Waals surface area contributed by atoms with E-state index in [1.807, 2.05) is 26.0 Å². The van der Waals surface area contributed by atoms with Crippen molar-refractivity contribution in [1.29, 1.82) is 0 Å². The van der Waals surface area contributed by atoms with Crippen LogP contribution in [0.2, 0.25) is 0 Å². The molecule has 1 saturated heterocycles. The van der Waals surface area contributed by atoms with Crippen LogP contribution in [0.25, 0.3) is 0 Å². The SMILES string of the molecule is CC(C)N1CCCC1.CC(C)c1ccccc1F. The molecule has 0 spiro atoms. The average molecular weight is 251 g/mol. The van der Waals surface area contributed by atoms with Gasteiger partial charge in [-0.2, -0.15) is 0 Å². The molecule has 0 unspecified atom stereocenters. The predicted molar refractivity (Wildman–Crippen MR) is 76.4 cm³/mol. The zero-order chi connectivity index (χ0) is 13.5. The van der Waals surface area contributed by atoms with E-state index in [1.54, 1.807) is 6.07 Å². The standard InChI is InChI=1S/C9H11F.C7H15N/c1-7(2)8-5-3-4-6-9(8)10;1-7(2)8-5-3-4-6-8/h3-7H,1-2H3;7H,3-6H2,1-2H3. The van der Waals surface area contributed by atoms with E-state index >= 15 is 0 Å². The number of hydrogen-bond donors (Lipinski definition) is 0. The third-order valence-electron chi connectivity index (χ3n) is 3.40. The van der Waals surface area contributed by atoms with Crippen molar-refractivity contribution in [2.75, 3.05) is 13.1 Å². The summed E-state index contributed by atoms with van der Waals surface area (Å²) in [4.78, 5) is 2.53. The highest BCUT2D eigenvalue weighted by Gasteiger charge is 2.13. The van der Waals surface area contributed by atoms with Crippen molar-refractivity contribution in [1.82, 2.24) is 4.90 Å². The molecule has 1 nitrogen and oxygen atoms in total. The van der Waals surface area contributed by atoms with Gasteiger partial charge in [0.05, 0.1) is 0 Å². The monoisotopic (exact) mass is 251 g/mol. The third-order valence-corrected chi connectivity index (χ3v) is 3.40. The molecule has 0 radical (unpaired) electrons. The van der Waals surface area contributed by atoms with Gasteiger partial charge in [-0.3, -0.25) is 0 Å². The summed E-state index contributed by atoms with van der Waals surface area (Å²) in [6, 6.07) is 7.66. The minimum Gasteiger partial charge on any atom is -0.301 e. The van der Waals surface area contributed by atoms with Crippen molar-refractivity contribution in [3.63, 3.8) is 0 Å². The van der Waals surface area contributed by atoms with Crippen molar-refractivity contribution < 1.29 is 4.39 Å². The Bertz CT molecular complexity index is 341. The Morgan fingerprint density at radius 1 is 1.00 bits per heavy atom. The van der Waals surface area contributed by atoms with E-state index < -0.39 is 0 Å². The first-order valence-corrected chi connectivity index (χ1v) is 7.01. The highest BCUT2D eigenvalue weighted by atomic mass is 19.1. The minimum absolute atomic E-state index is 0.0995. The van der Waals surface area contributed by atoms with Crippen molar-refractivity contribution >= 4 is 0 Å². The van der Waals surface area contributed by atoms with Crippen molar-refractivity contribution in [2.24, 2.45) is 0 Å². The van der Waals surface area contributed by atoms with Gasteiger partial charge in [0, 0.05) is 6.04 Å². The molecular formula is C16H26FN. The van der Waals surface area contributed by atoms with E-state index in [9.17, 15) is 4.39 Å². The van der Waals surface area contributed by atoms with E-state index in [-0.39, 0.29) is 11.7 Å². The molecule has 0 bridgehead atoms. The van der Waals surface area contributed by atoms with Gasteiger partial charge in [0.15, 0.2) is 0 Å². The molecule has 18 heavy (non-hydrogen) atoms. The largest absolute Gasteiger partial charge is 0.301 e. The van der Waals surface area contributed by atoms with Crippen LogP contribution in [0.15, 0.2) is 24.3 Å². The lowest BCUT2D eigenvalue weighted by Crippen LogP contribution is -2.26. The van der Waals surface area contributed by atoms with Crippen LogP contribution in [0, 0.1) is 5.82 Å². The van der Waals surface area contributed by atoms with Gasteiger partial charge in [0.2, 0.25) is 0 Å². The van der Waals surface area contributed by atoms with Gasteiger partial charge >= 0.3 is 0 Å². The molecule has 1 aliphatic rings. The molecule has 0 N–H and O–H groups in total. The molecule has 1 aliphatic heterocycles. The number of rotatable bonds is 2. The molecule has 1 aromatic carbocycles. The second kappa shape index (κ2) is 7.52. The van der Waals surface area contributed by atoms with E-state index in [2.05, 4.69) is 18.7 Å². The molecule has 0 saturated carbocycles. The molecule has 1 heterocycles. The fourth-order valence-corrected chi connectivity index (χ4v) is 2.20. The lowest BCUT2D eigenvalue weighted by Gasteiger charge is -2.18. The molecule has 0 aliphatic carbocycles. The van der Waals surface area contributed by atoms with Crippen LogP contribution in [0.1, 0.15) is 52.0 Å². The molecule has 0 amide bonds. The van der Waals surface area contributed by atoms with Crippen LogP contribution in [0.5, 0.6) is 0 Å². The summed E-state index contributed by atoms with van der Waals surface area (Å²) in [5, 5.41) is 0. The molecule has 0 atom stereocenters. The Labute approximate surface area is 111 Å². The van der Waals surface area contributed by atoms with Crippen molar-refractivity contribution in [2.45, 2.75) is 52.5 Å². The average Bonchev–Trinajstić information content (AvgIpc) is 2.83. The zero-order valence-corrected chi connectivity index (χ0v) is 12.1. The maximum absolute atomic E-state index is 12.8. The molecule has 2 heteroatoms. The summed E-state index contributed by atoms with van der Waals surface area (Å²) in [7, 11) is 0. The van der Waals surface area contributed by atoms with Crippen LogP contribution < -0.4 is 0 Å². The smallest absolute Gasteiger partial charge is 0.126 e. The fourth-order valence-electron chi connectivity index (χ4n) is 2.20. The van der Waals surface area contributed by atoms with E-state index in [4.69, 9.17) is 0 Å². The van der Waals surface area contributed by atoms with Gasteiger partial charge in [0.25, 0.3) is 0 Å². The van der Waals surface area contributed by atoms with Crippen LogP contribution in [-0.4, -0.2) is 24.0 Å². The van der Waals surface area contributed by atoms with E-state index in [0.29, 0.717) is 0 Å². The van der Waals surface area contributed by atoms with Crippen LogP contribution in [0.3, 0.4) is 0 Å². The summed E-state index contributed by atoms with van der Waals surface area (Å²) in [5.74, 6) is 0.179. The summed E-state index contributed by atoms with van der Waals surface area (Å²) >= 11 is 0. The number of likely N-dealkylation sites (tertiary alicyclic amines) is 1. The highest BCUT2D eigenvalue weighted by molar-refractivity contribution is 5.20. The Morgan fingerprint density at radius 3 is 1.89 bits per heavy atom. The van der Waals surface area contributed by atoms with Gasteiger partial charge in [-0.15, -0.1) is 0 Å². The Kier molecular flexibility index (Phi) is 6.34. The summed E-state index contributed by atoms with van der Waals surface area (Å²) in [6.45, 7) is 11.2. The quantitative estimate of drug-likeness (QED) is 0.751. The molecule has 102 valence electrons. The lowest BCUT2D eigenvalue weighted by molar-refractivity contribution is 0.276. The number of hydrogen-bond acceptors (Lipinski definition) is 1. The van der Waals surface area contributed by atoms with E-state index in [1.165, 1.54) is 32.0 Å². The van der Waals surface area contributed by atoms with Gasteiger partial charge in [-0.05, 0) is 57.3 Å². The van der Waals surface area contributed by atoms with Crippen LogP contribution in [0.4, 0.5) is 4.39 Å². The lowest BCUT2D eigenvalue weighted by atomic mass is 10.0. The second-order valence-electron chi connectivity index (χ2n) is 5.51. The Balaban J connectivity index is 0.000000184. The summed E-state index contributed by atoms with van der Waals surface area (Å²) in [6.07, 6.45) is 2.83. The summed E-state index contributed by atoms with van der Waals surface area (Å²) < 4.78 is 12.8. The maximum Gasteiger partial charge on any atom is 0.126 e. The fraction of sp³-hybridized carbons (Fsp3) is 0.625. The third kappa shape index (κ3) is 4.77. The molecule has 1 fully saturated rings. The van der Waals surface area contributed by atoms with Crippen molar-refractivity contribution in [3.8, 4) is 0 Å². The molecule has 0 aromatic heterocycles. The first kappa shape index (κ1) is 15.2. The maximum atomic E-state index is 12.8. The highest BCUT2D eigenvalue weighted by Crippen LogP contribution is 2.16. The van der Waals surface area contributed by atoms with Crippen molar-refractivity contribution in [3.05, 3.63) is 35.6 Å². The molecule has 2 rings (SSSR count). The van der Waals surface area contributed by atoms with Gasteiger partial charge in [0.1, 0.15) is 5.82 Å². The number of benzene rings is 1. The first-order valence-electron chi connectivity index (χ1n) is 7.01. The first-order chi connectivity index (χ1) is 8.52. The second-order valence-corrected chi connectivity index (χ2v) is 5.51. The number of halogens is 1. The van der Waals surface area contributed by atoms with Crippen LogP contribution in [-0.2, 0) is 0 Å². The topological polar surface area (TPSA) is 3.24 Å². The number of nitrogens with zero attached hydrogens (tertiary/aromatic N) is 1. The summed E-state index contributed by atoms with van der Waals surface area (Å²) in [5.41, 5.74) is 0.794. The molecular weight excluding hydrogens is 225 g/mol. The zero-order valence-electron chi connectivity index (χ0n) is 12.1. The van der Waals surface area contributed by atoms with Gasteiger partial charge in [-0.1, -0.05) is 32.0 Å². The minimum atomic E-state index is -0.0995. The Morgan fingerprint density at radius 2 is 1.56 bits per heavy atom. The van der Waals surface area contributed by atoms with E-state index in [0.717, 1.165) is 11.6 Å².